The molecule has 0 aliphatic heterocycles. The molecule has 1 N–H and O–H groups in total. The average molecular weight is 201 g/mol. The van der Waals surface area contributed by atoms with Crippen LogP contribution in [-0.4, -0.2) is 16.8 Å². The van der Waals surface area contributed by atoms with E-state index in [9.17, 15) is 0 Å². The minimum absolute atomic E-state index is 0.876. The fourth-order valence-corrected chi connectivity index (χ4v) is 1.75. The van der Waals surface area contributed by atoms with Gasteiger partial charge in [0.2, 0.25) is 0 Å². The van der Waals surface area contributed by atoms with Gasteiger partial charge >= 0.3 is 0 Å². The maximum atomic E-state index is 4.19. The Morgan fingerprint density at radius 3 is 2.73 bits per heavy atom. The first-order valence-corrected chi connectivity index (χ1v) is 5.04. The molecule has 0 radical (unpaired) electrons. The molecule has 0 unspecified atom stereocenters. The van der Waals surface area contributed by atoms with Crippen molar-refractivity contribution >= 4 is 0 Å². The van der Waals surface area contributed by atoms with Gasteiger partial charge in [0.25, 0.3) is 0 Å². The highest BCUT2D eigenvalue weighted by molar-refractivity contribution is 5.63. The molecule has 1 aromatic heterocycles. The van der Waals surface area contributed by atoms with E-state index in [-0.39, 0.29) is 0 Å². The molecule has 15 heavy (non-hydrogen) atoms. The van der Waals surface area contributed by atoms with Crippen LogP contribution in [0.1, 0.15) is 5.56 Å². The van der Waals surface area contributed by atoms with Crippen LogP contribution in [-0.2, 0) is 13.6 Å². The minimum Gasteiger partial charge on any atom is -0.316 e. The summed E-state index contributed by atoms with van der Waals surface area (Å²) in [7, 11) is 3.92. The van der Waals surface area contributed by atoms with Crippen molar-refractivity contribution in [2.75, 3.05) is 7.05 Å². The van der Waals surface area contributed by atoms with Crippen LogP contribution in [0.2, 0.25) is 0 Å². The third kappa shape index (κ3) is 1.92. The molecule has 1 heterocycles. The second-order valence-electron chi connectivity index (χ2n) is 3.53. The van der Waals surface area contributed by atoms with Crippen LogP contribution < -0.4 is 5.32 Å². The van der Waals surface area contributed by atoms with Crippen molar-refractivity contribution < 1.29 is 0 Å². The van der Waals surface area contributed by atoms with Crippen LogP contribution >= 0.6 is 0 Å². The summed E-state index contributed by atoms with van der Waals surface area (Å²) >= 11 is 0. The van der Waals surface area contributed by atoms with Crippen molar-refractivity contribution in [3.05, 3.63) is 42.1 Å². The lowest BCUT2D eigenvalue weighted by Gasteiger charge is -2.08. The molecule has 0 aliphatic carbocycles. The lowest BCUT2D eigenvalue weighted by molar-refractivity contribution is 0.770. The molecular weight excluding hydrogens is 186 g/mol. The van der Waals surface area contributed by atoms with Crippen LogP contribution in [0.3, 0.4) is 0 Å². The molecule has 2 aromatic rings. The molecule has 0 aliphatic rings. The highest BCUT2D eigenvalue weighted by Crippen LogP contribution is 2.22. The van der Waals surface area contributed by atoms with E-state index in [2.05, 4.69) is 34.7 Å². The third-order valence-electron chi connectivity index (χ3n) is 2.48. The van der Waals surface area contributed by atoms with E-state index in [4.69, 9.17) is 0 Å². The van der Waals surface area contributed by atoms with Gasteiger partial charge in [-0.2, -0.15) is 5.10 Å². The average Bonchev–Trinajstić information content (AvgIpc) is 2.66. The van der Waals surface area contributed by atoms with Crippen molar-refractivity contribution in [3.8, 4) is 11.3 Å². The highest BCUT2D eigenvalue weighted by atomic mass is 15.3. The van der Waals surface area contributed by atoms with Gasteiger partial charge in [-0.05, 0) is 18.7 Å². The largest absolute Gasteiger partial charge is 0.316 e. The van der Waals surface area contributed by atoms with Gasteiger partial charge in [-0.25, -0.2) is 0 Å². The van der Waals surface area contributed by atoms with E-state index in [1.165, 1.54) is 11.1 Å². The van der Waals surface area contributed by atoms with Gasteiger partial charge < -0.3 is 5.32 Å². The van der Waals surface area contributed by atoms with Crippen LogP contribution in [0.5, 0.6) is 0 Å². The predicted molar refractivity (Wildman–Crippen MR) is 61.4 cm³/mol. The van der Waals surface area contributed by atoms with E-state index in [0.717, 1.165) is 12.2 Å². The number of hydrogen-bond donors (Lipinski definition) is 1. The van der Waals surface area contributed by atoms with Crippen LogP contribution in [0.4, 0.5) is 0 Å². The molecular formula is C12H15N3. The summed E-state index contributed by atoms with van der Waals surface area (Å²) in [5.41, 5.74) is 3.69. The number of hydrogen-bond acceptors (Lipinski definition) is 2. The first kappa shape index (κ1) is 9.93. The Kier molecular flexibility index (Phi) is 2.83. The molecule has 0 amide bonds. The van der Waals surface area contributed by atoms with Gasteiger partial charge in [0.15, 0.2) is 0 Å². The molecule has 0 bridgehead atoms. The Hall–Kier alpha value is -1.61. The van der Waals surface area contributed by atoms with E-state index in [1.807, 2.05) is 31.0 Å². The maximum Gasteiger partial charge on any atom is 0.0682 e. The fourth-order valence-electron chi connectivity index (χ4n) is 1.75. The SMILES string of the molecule is CNCc1ccccc1-c1ccnn1C. The number of aryl methyl sites for hydroxylation is 1. The smallest absolute Gasteiger partial charge is 0.0682 e. The summed E-state index contributed by atoms with van der Waals surface area (Å²) in [4.78, 5) is 0. The normalized spacial score (nSPS) is 10.5. The van der Waals surface area contributed by atoms with E-state index in [0.29, 0.717) is 0 Å². The van der Waals surface area contributed by atoms with Crippen molar-refractivity contribution in [2.45, 2.75) is 6.54 Å². The van der Waals surface area contributed by atoms with Crippen LogP contribution in [0, 0.1) is 0 Å². The molecule has 3 nitrogen and oxygen atoms in total. The van der Waals surface area contributed by atoms with Gasteiger partial charge in [0, 0.05) is 25.4 Å². The standard InChI is InChI=1S/C12H15N3/c1-13-9-10-5-3-4-6-11(10)12-7-8-14-15(12)2/h3-8,13H,9H2,1-2H3. The van der Waals surface area contributed by atoms with Gasteiger partial charge in [-0.1, -0.05) is 24.3 Å². The van der Waals surface area contributed by atoms with Gasteiger partial charge in [-0.15, -0.1) is 0 Å². The van der Waals surface area contributed by atoms with Gasteiger partial charge in [-0.3, -0.25) is 4.68 Å². The summed E-state index contributed by atoms with van der Waals surface area (Å²) in [5, 5.41) is 7.37. The van der Waals surface area contributed by atoms with Crippen molar-refractivity contribution in [1.29, 1.82) is 0 Å². The Labute approximate surface area is 89.7 Å². The topological polar surface area (TPSA) is 29.9 Å². The monoisotopic (exact) mass is 201 g/mol. The molecule has 78 valence electrons. The van der Waals surface area contributed by atoms with Crippen LogP contribution in [0.15, 0.2) is 36.5 Å². The number of aromatic nitrogens is 2. The summed E-state index contributed by atoms with van der Waals surface area (Å²) in [6, 6.07) is 10.4. The van der Waals surface area contributed by atoms with Gasteiger partial charge in [0.05, 0.1) is 5.69 Å². The molecule has 0 saturated carbocycles. The zero-order valence-electron chi connectivity index (χ0n) is 9.07. The summed E-state index contributed by atoms with van der Waals surface area (Å²) in [5.74, 6) is 0. The Bertz CT molecular complexity index is 446. The number of nitrogens with zero attached hydrogens (tertiary/aromatic N) is 2. The maximum absolute atomic E-state index is 4.19. The zero-order chi connectivity index (χ0) is 10.7. The molecule has 2 rings (SSSR count). The Morgan fingerprint density at radius 1 is 1.27 bits per heavy atom. The predicted octanol–water partition coefficient (Wildman–Crippen LogP) is 1.81. The highest BCUT2D eigenvalue weighted by Gasteiger charge is 2.06. The first-order valence-electron chi connectivity index (χ1n) is 5.04. The van der Waals surface area contributed by atoms with E-state index in [1.54, 1.807) is 0 Å². The Balaban J connectivity index is 2.48. The zero-order valence-corrected chi connectivity index (χ0v) is 9.07. The van der Waals surface area contributed by atoms with E-state index >= 15 is 0 Å². The number of rotatable bonds is 3. The molecule has 0 fully saturated rings. The first-order chi connectivity index (χ1) is 7.33. The lowest BCUT2D eigenvalue weighted by Crippen LogP contribution is -2.07. The van der Waals surface area contributed by atoms with Crippen LogP contribution in [0.25, 0.3) is 11.3 Å². The second-order valence-corrected chi connectivity index (χ2v) is 3.53. The molecule has 0 atom stereocenters. The lowest BCUT2D eigenvalue weighted by atomic mass is 10.0. The van der Waals surface area contributed by atoms with Crippen molar-refractivity contribution in [2.24, 2.45) is 7.05 Å². The molecule has 0 spiro atoms. The molecule has 1 aromatic carbocycles. The molecule has 3 heteroatoms. The van der Waals surface area contributed by atoms with E-state index < -0.39 is 0 Å². The van der Waals surface area contributed by atoms with Gasteiger partial charge in [0.1, 0.15) is 0 Å². The second kappa shape index (κ2) is 4.28. The van der Waals surface area contributed by atoms with Crippen molar-refractivity contribution in [3.63, 3.8) is 0 Å². The minimum atomic E-state index is 0.876. The fraction of sp³-hybridized carbons (Fsp3) is 0.250. The summed E-state index contributed by atoms with van der Waals surface area (Å²) < 4.78 is 1.90. The number of nitrogens with one attached hydrogen (secondary N) is 1. The summed E-state index contributed by atoms with van der Waals surface area (Å²) in [6.07, 6.45) is 1.82. The summed E-state index contributed by atoms with van der Waals surface area (Å²) in [6.45, 7) is 0.876. The number of benzene rings is 1. The molecule has 0 saturated heterocycles. The van der Waals surface area contributed by atoms with Crippen molar-refractivity contribution in [1.82, 2.24) is 15.1 Å². The third-order valence-corrected chi connectivity index (χ3v) is 2.48. The quantitative estimate of drug-likeness (QED) is 0.820. The Morgan fingerprint density at radius 2 is 2.07 bits per heavy atom.